The van der Waals surface area contributed by atoms with E-state index in [4.69, 9.17) is 9.90 Å². The maximum atomic E-state index is 12.6. The second kappa shape index (κ2) is 12.3. The number of carboxylic acid groups (broad SMARTS) is 1. The molecule has 0 saturated carbocycles. The van der Waals surface area contributed by atoms with Crippen LogP contribution < -0.4 is 5.56 Å². The summed E-state index contributed by atoms with van der Waals surface area (Å²) in [5.74, 6) is -2.79. The zero-order chi connectivity index (χ0) is 27.9. The number of benzene rings is 1. The van der Waals surface area contributed by atoms with E-state index in [0.29, 0.717) is 30.0 Å². The summed E-state index contributed by atoms with van der Waals surface area (Å²) in [5, 5.41) is 15.9. The van der Waals surface area contributed by atoms with E-state index >= 15 is 0 Å². The third kappa shape index (κ3) is 8.27. The van der Waals surface area contributed by atoms with Crippen LogP contribution in [0.2, 0.25) is 0 Å². The minimum atomic E-state index is -5.08. The Morgan fingerprint density at radius 2 is 1.62 bits per heavy atom. The average molecular weight is 523 g/mol. The van der Waals surface area contributed by atoms with Gasteiger partial charge < -0.3 is 14.9 Å². The van der Waals surface area contributed by atoms with Crippen molar-refractivity contribution in [1.82, 2.24) is 29.4 Å². The highest BCUT2D eigenvalue weighted by Crippen LogP contribution is 2.16. The number of halogens is 3. The molecule has 1 aromatic rings. The van der Waals surface area contributed by atoms with Gasteiger partial charge in [-0.15, -0.1) is 0 Å². The molecule has 1 amide bonds. The number of rotatable bonds is 7. The fourth-order valence-electron chi connectivity index (χ4n) is 2.91. The molecule has 3 rings (SSSR count). The first-order chi connectivity index (χ1) is 17.2. The molecule has 0 radical (unpaired) electrons. The molecule has 0 bridgehead atoms. The van der Waals surface area contributed by atoms with Crippen molar-refractivity contribution in [2.45, 2.75) is 26.6 Å². The molecule has 0 aliphatic carbocycles. The Balaban J connectivity index is 0.000000604. The Bertz CT molecular complexity index is 1270. The van der Waals surface area contributed by atoms with Gasteiger partial charge in [0.1, 0.15) is 5.69 Å². The number of aromatic nitrogens is 4. The Morgan fingerprint density at radius 3 is 2.14 bits per heavy atom. The molecule has 10 nitrogen and oxygen atoms in total. The Kier molecular flexibility index (Phi) is 9.72. The Morgan fingerprint density at radius 1 is 1.03 bits per heavy atom. The highest BCUT2D eigenvalue weighted by molar-refractivity contribution is 5.94. The van der Waals surface area contributed by atoms with E-state index in [1.165, 1.54) is 4.68 Å². The largest absolute Gasteiger partial charge is 0.490 e. The molecule has 200 valence electrons. The Hall–Kier alpha value is -4.00. The molecule has 0 unspecified atom stereocenters. The first-order valence-electron chi connectivity index (χ1n) is 11.1. The number of hydrogen-bond acceptors (Lipinski definition) is 6. The molecule has 2 aliphatic heterocycles. The lowest BCUT2D eigenvalue weighted by molar-refractivity contribution is -0.192. The van der Waals surface area contributed by atoms with Crippen LogP contribution in [0.5, 0.6) is 0 Å². The van der Waals surface area contributed by atoms with Crippen molar-refractivity contribution in [1.29, 1.82) is 0 Å². The summed E-state index contributed by atoms with van der Waals surface area (Å²) in [6, 6.07) is 8.98. The van der Waals surface area contributed by atoms with E-state index in [2.05, 4.69) is 10.2 Å². The fraction of sp³-hybridized carbons (Fsp3) is 0.375. The zero-order valence-corrected chi connectivity index (χ0v) is 21.2. The van der Waals surface area contributed by atoms with Crippen molar-refractivity contribution in [3.05, 3.63) is 64.1 Å². The van der Waals surface area contributed by atoms with Crippen LogP contribution in [0.3, 0.4) is 0 Å². The van der Waals surface area contributed by atoms with E-state index in [9.17, 15) is 22.8 Å². The molecule has 0 aromatic heterocycles. The summed E-state index contributed by atoms with van der Waals surface area (Å²) in [6.45, 7) is 5.85. The molecule has 0 fully saturated rings. The van der Waals surface area contributed by atoms with Gasteiger partial charge in [-0.05, 0) is 58.3 Å². The Labute approximate surface area is 211 Å². The summed E-state index contributed by atoms with van der Waals surface area (Å²) in [6.07, 6.45) is -1.37. The minimum Gasteiger partial charge on any atom is -0.475 e. The van der Waals surface area contributed by atoms with Gasteiger partial charge >= 0.3 is 12.1 Å². The smallest absolute Gasteiger partial charge is 0.475 e. The second-order valence-corrected chi connectivity index (χ2v) is 8.64. The number of carboxylic acids is 1. The monoisotopic (exact) mass is 522 g/mol. The zero-order valence-electron chi connectivity index (χ0n) is 21.2. The summed E-state index contributed by atoms with van der Waals surface area (Å²) < 4.78 is 34.8. The number of aliphatic carboxylic acids is 1. The summed E-state index contributed by atoms with van der Waals surface area (Å²) in [7, 11) is 5.76. The van der Waals surface area contributed by atoms with Gasteiger partial charge in [0.25, 0.3) is 11.5 Å². The van der Waals surface area contributed by atoms with Gasteiger partial charge in [0.2, 0.25) is 0 Å². The van der Waals surface area contributed by atoms with Crippen molar-refractivity contribution in [3.63, 3.8) is 0 Å². The lowest BCUT2D eigenvalue weighted by atomic mass is 10.2. The third-order valence-corrected chi connectivity index (χ3v) is 5.01. The van der Waals surface area contributed by atoms with E-state index in [1.54, 1.807) is 41.0 Å². The predicted octanol–water partition coefficient (Wildman–Crippen LogP) is 2.77. The van der Waals surface area contributed by atoms with Crippen molar-refractivity contribution in [2.75, 3.05) is 34.2 Å². The van der Waals surface area contributed by atoms with Crippen molar-refractivity contribution in [3.8, 4) is 17.1 Å². The van der Waals surface area contributed by atoms with Crippen molar-refractivity contribution >= 4 is 11.9 Å². The van der Waals surface area contributed by atoms with Crippen molar-refractivity contribution in [2.24, 2.45) is 0 Å². The van der Waals surface area contributed by atoms with E-state index in [1.807, 2.05) is 51.1 Å². The summed E-state index contributed by atoms with van der Waals surface area (Å²) in [4.78, 5) is 37.8. The first-order valence-corrected chi connectivity index (χ1v) is 11.1. The average Bonchev–Trinajstić information content (AvgIpc) is 3.15. The highest BCUT2D eigenvalue weighted by Gasteiger charge is 2.38. The molecule has 1 aromatic carbocycles. The third-order valence-electron chi connectivity index (χ3n) is 5.01. The summed E-state index contributed by atoms with van der Waals surface area (Å²) in [5.41, 5.74) is 3.17. The van der Waals surface area contributed by atoms with Crippen LogP contribution in [0.15, 0.2) is 53.0 Å². The molecule has 0 saturated heterocycles. The molecule has 37 heavy (non-hydrogen) atoms. The number of carbonyl (C=O) groups is 2. The predicted molar refractivity (Wildman–Crippen MR) is 131 cm³/mol. The number of likely N-dealkylation sites (N-methyl/N-ethyl adjacent to an activating group) is 2. The molecule has 2 aliphatic rings. The molecule has 13 heteroatoms. The normalized spacial score (nSPS) is 11.2. The van der Waals surface area contributed by atoms with Crippen LogP contribution >= 0.6 is 0 Å². The van der Waals surface area contributed by atoms with Crippen LogP contribution in [0.1, 0.15) is 24.2 Å². The van der Waals surface area contributed by atoms with Crippen LogP contribution in [0, 0.1) is 0 Å². The molecule has 2 heterocycles. The lowest BCUT2D eigenvalue weighted by Gasteiger charge is -2.19. The number of fused-ring (bicyclic) bond motifs is 1. The van der Waals surface area contributed by atoms with Gasteiger partial charge in [-0.2, -0.15) is 23.4 Å². The maximum Gasteiger partial charge on any atom is 0.490 e. The highest BCUT2D eigenvalue weighted by atomic mass is 19.4. The van der Waals surface area contributed by atoms with Crippen molar-refractivity contribution < 1.29 is 27.9 Å². The number of amides is 1. The summed E-state index contributed by atoms with van der Waals surface area (Å²) >= 11 is 0. The lowest BCUT2D eigenvalue weighted by Crippen LogP contribution is -2.33. The quantitative estimate of drug-likeness (QED) is 0.475. The van der Waals surface area contributed by atoms with Gasteiger partial charge in [-0.25, -0.2) is 14.2 Å². The number of nitrogens with zero attached hydrogens (tertiary/aromatic N) is 6. The van der Waals surface area contributed by atoms with Crippen LogP contribution in [0.25, 0.3) is 17.1 Å². The molecular formula is C24H29F3N6O4. The SMILES string of the molecule is CC(C)=CCn1nc2ccn(-c3ccc(C(=O)N(C)CCN(C)C)cc3)nc-2c1=O.O=C(O)C(F)(F)F. The van der Waals surface area contributed by atoms with Gasteiger partial charge in [0, 0.05) is 31.9 Å². The number of hydrogen-bond donors (Lipinski definition) is 1. The van der Waals surface area contributed by atoms with Gasteiger partial charge in [0.05, 0.1) is 12.2 Å². The molecule has 1 N–H and O–H groups in total. The van der Waals surface area contributed by atoms with Crippen LogP contribution in [-0.2, 0) is 11.3 Å². The van der Waals surface area contributed by atoms with E-state index in [-0.39, 0.29) is 11.5 Å². The molecule has 0 atom stereocenters. The number of alkyl halides is 3. The standard InChI is InChI=1S/C22H28N6O2.C2HF3O2/c1-16(2)10-12-28-22(30)20-19(23-28)11-13-27(24-20)18-8-6-17(7-9-18)21(29)26(5)15-14-25(3)4;3-2(4,5)1(6)7/h6-11,13H,12,14-15H2,1-5H3;(H,6,7). The second-order valence-electron chi connectivity index (χ2n) is 8.64. The van der Waals surface area contributed by atoms with Gasteiger partial charge in [0.15, 0.2) is 5.69 Å². The maximum absolute atomic E-state index is 12.6. The fourth-order valence-corrected chi connectivity index (χ4v) is 2.91. The van der Waals surface area contributed by atoms with Crippen LogP contribution in [-0.4, -0.2) is 86.8 Å². The van der Waals surface area contributed by atoms with Gasteiger partial charge in [-0.3, -0.25) is 9.59 Å². The first kappa shape index (κ1) is 29.2. The molecule has 0 spiro atoms. The van der Waals surface area contributed by atoms with E-state index < -0.39 is 12.1 Å². The number of carbonyl (C=O) groups excluding carboxylic acids is 1. The topological polar surface area (TPSA) is 114 Å². The van der Waals surface area contributed by atoms with Gasteiger partial charge in [-0.1, -0.05) is 11.6 Å². The van der Waals surface area contributed by atoms with E-state index in [0.717, 1.165) is 17.8 Å². The molecular weight excluding hydrogens is 493 g/mol. The number of allylic oxidation sites excluding steroid dienone is 2. The minimum absolute atomic E-state index is 0.0285. The van der Waals surface area contributed by atoms with Crippen LogP contribution in [0.4, 0.5) is 13.2 Å².